The van der Waals surface area contributed by atoms with Gasteiger partial charge in [-0.3, -0.25) is 4.98 Å². The van der Waals surface area contributed by atoms with Crippen LogP contribution >= 0.6 is 0 Å². The largest absolute Gasteiger partial charge is 0.256 e. The molecule has 0 saturated heterocycles. The van der Waals surface area contributed by atoms with E-state index in [9.17, 15) is 0 Å². The lowest BCUT2D eigenvalue weighted by molar-refractivity contribution is 1.28. The number of aryl methyl sites for hydroxylation is 2. The van der Waals surface area contributed by atoms with Crippen LogP contribution in [0.25, 0.3) is 22.4 Å². The lowest BCUT2D eigenvalue weighted by Crippen LogP contribution is -1.91. The van der Waals surface area contributed by atoms with E-state index in [4.69, 9.17) is 0 Å². The van der Waals surface area contributed by atoms with Crippen molar-refractivity contribution in [2.45, 2.75) is 13.8 Å². The molecule has 0 aliphatic heterocycles. The van der Waals surface area contributed by atoms with Gasteiger partial charge in [0.15, 0.2) is 0 Å². The average molecular weight is 259 g/mol. The number of aromatic nitrogens is 1. The maximum atomic E-state index is 4.63. The molecule has 0 aliphatic carbocycles. The molecule has 0 unspecified atom stereocenters. The molecule has 0 aliphatic rings. The van der Waals surface area contributed by atoms with Crippen LogP contribution in [-0.4, -0.2) is 4.98 Å². The number of rotatable bonds is 2. The van der Waals surface area contributed by atoms with Crippen LogP contribution in [0.4, 0.5) is 0 Å². The third-order valence-corrected chi connectivity index (χ3v) is 3.62. The number of pyridine rings is 1. The SMILES string of the molecule is Cc1ccccc1-c1cnc(-c2ccccc2)cc1C. The number of nitrogens with zero attached hydrogens (tertiary/aromatic N) is 1. The molecule has 3 aromatic rings. The Bertz CT molecular complexity index is 730. The van der Waals surface area contributed by atoms with Gasteiger partial charge < -0.3 is 0 Å². The van der Waals surface area contributed by atoms with Gasteiger partial charge in [0, 0.05) is 17.3 Å². The van der Waals surface area contributed by atoms with E-state index in [2.05, 4.69) is 61.3 Å². The van der Waals surface area contributed by atoms with Crippen LogP contribution < -0.4 is 0 Å². The maximum Gasteiger partial charge on any atom is 0.0705 e. The van der Waals surface area contributed by atoms with E-state index in [1.165, 1.54) is 22.3 Å². The topological polar surface area (TPSA) is 12.9 Å². The zero-order chi connectivity index (χ0) is 13.9. The summed E-state index contributed by atoms with van der Waals surface area (Å²) < 4.78 is 0. The Balaban J connectivity index is 2.07. The molecule has 98 valence electrons. The zero-order valence-electron chi connectivity index (χ0n) is 11.8. The minimum Gasteiger partial charge on any atom is -0.256 e. The third-order valence-electron chi connectivity index (χ3n) is 3.62. The highest BCUT2D eigenvalue weighted by atomic mass is 14.7. The highest BCUT2D eigenvalue weighted by Gasteiger charge is 2.07. The summed E-state index contributed by atoms with van der Waals surface area (Å²) in [5, 5.41) is 0. The van der Waals surface area contributed by atoms with Crippen LogP contribution in [0.15, 0.2) is 66.9 Å². The van der Waals surface area contributed by atoms with Crippen LogP contribution in [0.2, 0.25) is 0 Å². The molecular formula is C19H17N. The normalized spacial score (nSPS) is 10.5. The van der Waals surface area contributed by atoms with E-state index in [1.807, 2.05) is 24.4 Å². The molecule has 0 amide bonds. The van der Waals surface area contributed by atoms with Gasteiger partial charge in [0.2, 0.25) is 0 Å². The van der Waals surface area contributed by atoms with Crippen LogP contribution in [0, 0.1) is 13.8 Å². The molecule has 0 spiro atoms. The van der Waals surface area contributed by atoms with E-state index < -0.39 is 0 Å². The minimum absolute atomic E-state index is 1.03. The van der Waals surface area contributed by atoms with Gasteiger partial charge in [0.05, 0.1) is 5.69 Å². The number of benzene rings is 2. The zero-order valence-corrected chi connectivity index (χ0v) is 11.8. The van der Waals surface area contributed by atoms with Gasteiger partial charge in [-0.1, -0.05) is 54.6 Å². The van der Waals surface area contributed by atoms with Crippen molar-refractivity contribution in [2.75, 3.05) is 0 Å². The summed E-state index contributed by atoms with van der Waals surface area (Å²) in [6, 6.07) is 20.9. The summed E-state index contributed by atoms with van der Waals surface area (Å²) in [5.74, 6) is 0. The van der Waals surface area contributed by atoms with Crippen molar-refractivity contribution in [1.82, 2.24) is 4.98 Å². The Morgan fingerprint density at radius 3 is 2.10 bits per heavy atom. The number of hydrogen-bond donors (Lipinski definition) is 0. The standard InChI is InChI=1S/C19H17N/c1-14-8-6-7-11-17(14)18-13-20-19(12-15(18)2)16-9-4-3-5-10-16/h3-13H,1-2H3. The Labute approximate surface area is 119 Å². The van der Waals surface area contributed by atoms with Gasteiger partial charge in [-0.15, -0.1) is 0 Å². The summed E-state index contributed by atoms with van der Waals surface area (Å²) in [7, 11) is 0. The van der Waals surface area contributed by atoms with Gasteiger partial charge in [-0.2, -0.15) is 0 Å². The Morgan fingerprint density at radius 1 is 0.700 bits per heavy atom. The molecule has 0 radical (unpaired) electrons. The first kappa shape index (κ1) is 12.6. The molecule has 1 heteroatoms. The molecule has 1 nitrogen and oxygen atoms in total. The Morgan fingerprint density at radius 2 is 1.40 bits per heavy atom. The fourth-order valence-electron chi connectivity index (χ4n) is 2.48. The Kier molecular flexibility index (Phi) is 3.34. The highest BCUT2D eigenvalue weighted by Crippen LogP contribution is 2.28. The molecule has 20 heavy (non-hydrogen) atoms. The van der Waals surface area contributed by atoms with E-state index in [1.54, 1.807) is 0 Å². The second kappa shape index (κ2) is 5.30. The molecule has 1 aromatic heterocycles. The second-order valence-electron chi connectivity index (χ2n) is 5.07. The van der Waals surface area contributed by atoms with Gasteiger partial charge in [-0.25, -0.2) is 0 Å². The van der Waals surface area contributed by atoms with Gasteiger partial charge >= 0.3 is 0 Å². The summed E-state index contributed by atoms with van der Waals surface area (Å²) in [6.45, 7) is 4.29. The second-order valence-corrected chi connectivity index (χ2v) is 5.07. The highest BCUT2D eigenvalue weighted by molar-refractivity contribution is 5.72. The average Bonchev–Trinajstić information content (AvgIpc) is 2.49. The van der Waals surface area contributed by atoms with Crippen molar-refractivity contribution in [3.8, 4) is 22.4 Å². The summed E-state index contributed by atoms with van der Waals surface area (Å²) in [5.41, 5.74) is 7.20. The van der Waals surface area contributed by atoms with Crippen LogP contribution in [0.3, 0.4) is 0 Å². The van der Waals surface area contributed by atoms with E-state index >= 15 is 0 Å². The van der Waals surface area contributed by atoms with Gasteiger partial charge in [0.1, 0.15) is 0 Å². The molecule has 3 rings (SSSR count). The van der Waals surface area contributed by atoms with Crippen molar-refractivity contribution in [1.29, 1.82) is 0 Å². The van der Waals surface area contributed by atoms with E-state index in [0.29, 0.717) is 0 Å². The van der Waals surface area contributed by atoms with E-state index in [-0.39, 0.29) is 0 Å². The van der Waals surface area contributed by atoms with Gasteiger partial charge in [-0.05, 0) is 36.6 Å². The summed E-state index contributed by atoms with van der Waals surface area (Å²) >= 11 is 0. The van der Waals surface area contributed by atoms with Crippen molar-refractivity contribution in [3.63, 3.8) is 0 Å². The molecule has 1 heterocycles. The van der Waals surface area contributed by atoms with Crippen molar-refractivity contribution in [3.05, 3.63) is 78.0 Å². The fraction of sp³-hybridized carbons (Fsp3) is 0.105. The number of hydrogen-bond acceptors (Lipinski definition) is 1. The first-order valence-corrected chi connectivity index (χ1v) is 6.84. The maximum absolute atomic E-state index is 4.63. The van der Waals surface area contributed by atoms with E-state index in [0.717, 1.165) is 11.3 Å². The van der Waals surface area contributed by atoms with Crippen molar-refractivity contribution < 1.29 is 0 Å². The fourth-order valence-corrected chi connectivity index (χ4v) is 2.48. The quantitative estimate of drug-likeness (QED) is 0.628. The molecule has 0 atom stereocenters. The molecule has 0 bridgehead atoms. The minimum atomic E-state index is 1.03. The Hall–Kier alpha value is -2.41. The molecule has 0 N–H and O–H groups in total. The summed E-state index contributed by atoms with van der Waals surface area (Å²) in [6.07, 6.45) is 1.99. The lowest BCUT2D eigenvalue weighted by atomic mass is 9.97. The smallest absolute Gasteiger partial charge is 0.0705 e. The molecule has 0 fully saturated rings. The van der Waals surface area contributed by atoms with Crippen molar-refractivity contribution in [2.24, 2.45) is 0 Å². The third kappa shape index (κ3) is 2.35. The van der Waals surface area contributed by atoms with Gasteiger partial charge in [0.25, 0.3) is 0 Å². The van der Waals surface area contributed by atoms with Crippen molar-refractivity contribution >= 4 is 0 Å². The van der Waals surface area contributed by atoms with Crippen LogP contribution in [0.5, 0.6) is 0 Å². The first-order chi connectivity index (χ1) is 9.75. The molecule has 0 saturated carbocycles. The lowest BCUT2D eigenvalue weighted by Gasteiger charge is -2.10. The van der Waals surface area contributed by atoms with Crippen LogP contribution in [0.1, 0.15) is 11.1 Å². The monoisotopic (exact) mass is 259 g/mol. The molecular weight excluding hydrogens is 242 g/mol. The summed E-state index contributed by atoms with van der Waals surface area (Å²) in [4.78, 5) is 4.63. The molecule has 2 aromatic carbocycles. The van der Waals surface area contributed by atoms with Crippen LogP contribution in [-0.2, 0) is 0 Å². The predicted octanol–water partition coefficient (Wildman–Crippen LogP) is 5.03. The predicted molar refractivity (Wildman–Crippen MR) is 84.6 cm³/mol. The first-order valence-electron chi connectivity index (χ1n) is 6.84.